The molecular formula is C12H12N2OS2. The van der Waals surface area contributed by atoms with Gasteiger partial charge in [0.25, 0.3) is 5.91 Å². The number of pyridine rings is 1. The summed E-state index contributed by atoms with van der Waals surface area (Å²) in [6.07, 6.45) is 6.18. The minimum absolute atomic E-state index is 0.0127. The molecule has 1 aliphatic heterocycles. The molecule has 0 radical (unpaired) electrons. The van der Waals surface area contributed by atoms with Crippen molar-refractivity contribution in [3.05, 3.63) is 35.0 Å². The number of nitrogens with zero attached hydrogens (tertiary/aromatic N) is 2. The normalized spacial score (nSPS) is 18.2. The number of carbonyl (C=O) groups excluding carboxylic acids is 1. The largest absolute Gasteiger partial charge is 0.293 e. The Morgan fingerprint density at radius 3 is 2.82 bits per heavy atom. The van der Waals surface area contributed by atoms with Crippen LogP contribution in [0, 0.1) is 0 Å². The first kappa shape index (κ1) is 12.3. The van der Waals surface area contributed by atoms with E-state index in [1.807, 2.05) is 25.1 Å². The fourth-order valence-electron chi connectivity index (χ4n) is 1.53. The number of hydrogen-bond donors (Lipinski definition) is 0. The van der Waals surface area contributed by atoms with Gasteiger partial charge in [-0.05, 0) is 30.2 Å². The van der Waals surface area contributed by atoms with Crippen molar-refractivity contribution in [1.82, 2.24) is 9.88 Å². The molecule has 1 saturated heterocycles. The van der Waals surface area contributed by atoms with Crippen molar-refractivity contribution >= 4 is 40.3 Å². The zero-order chi connectivity index (χ0) is 12.3. The summed E-state index contributed by atoms with van der Waals surface area (Å²) < 4.78 is 0.650. The molecule has 1 aliphatic rings. The fourth-order valence-corrected chi connectivity index (χ4v) is 2.84. The van der Waals surface area contributed by atoms with Crippen molar-refractivity contribution in [2.75, 3.05) is 6.54 Å². The van der Waals surface area contributed by atoms with E-state index in [1.165, 1.54) is 11.8 Å². The summed E-state index contributed by atoms with van der Waals surface area (Å²) in [4.78, 5) is 18.3. The van der Waals surface area contributed by atoms with Crippen LogP contribution in [0.2, 0.25) is 0 Å². The molecule has 0 aromatic carbocycles. The molecule has 0 saturated carbocycles. The molecule has 0 spiro atoms. The maximum atomic E-state index is 12.0. The first-order valence-corrected chi connectivity index (χ1v) is 6.60. The van der Waals surface area contributed by atoms with Gasteiger partial charge in [0, 0.05) is 18.9 Å². The van der Waals surface area contributed by atoms with Crippen molar-refractivity contribution in [3.63, 3.8) is 0 Å². The van der Waals surface area contributed by atoms with Gasteiger partial charge in [-0.2, -0.15) is 0 Å². The quantitative estimate of drug-likeness (QED) is 0.621. The number of aromatic nitrogens is 1. The van der Waals surface area contributed by atoms with Gasteiger partial charge in [-0.25, -0.2) is 0 Å². The molecule has 0 atom stereocenters. The topological polar surface area (TPSA) is 33.2 Å². The highest BCUT2D eigenvalue weighted by atomic mass is 32.2. The second-order valence-corrected chi connectivity index (χ2v) is 5.29. The smallest absolute Gasteiger partial charge is 0.266 e. The zero-order valence-electron chi connectivity index (χ0n) is 9.42. The number of carbonyl (C=O) groups is 1. The summed E-state index contributed by atoms with van der Waals surface area (Å²) in [6.45, 7) is 2.73. The predicted molar refractivity (Wildman–Crippen MR) is 74.4 cm³/mol. The van der Waals surface area contributed by atoms with Crippen LogP contribution in [-0.2, 0) is 4.79 Å². The molecule has 2 rings (SSSR count). The minimum atomic E-state index is 0.0127. The van der Waals surface area contributed by atoms with Crippen molar-refractivity contribution in [1.29, 1.82) is 0 Å². The van der Waals surface area contributed by atoms with Crippen molar-refractivity contribution in [2.24, 2.45) is 0 Å². The van der Waals surface area contributed by atoms with Crippen molar-refractivity contribution in [3.8, 4) is 0 Å². The van der Waals surface area contributed by atoms with Crippen molar-refractivity contribution in [2.45, 2.75) is 13.3 Å². The van der Waals surface area contributed by atoms with Crippen LogP contribution in [0.3, 0.4) is 0 Å². The number of thiocarbonyl (C=S) groups is 1. The van der Waals surface area contributed by atoms with Crippen LogP contribution in [0.1, 0.15) is 18.9 Å². The summed E-state index contributed by atoms with van der Waals surface area (Å²) in [5.41, 5.74) is 0.969. The van der Waals surface area contributed by atoms with Crippen LogP contribution in [0.4, 0.5) is 0 Å². The summed E-state index contributed by atoms with van der Waals surface area (Å²) in [5, 5.41) is 0. The Hall–Kier alpha value is -1.20. The Morgan fingerprint density at radius 1 is 1.47 bits per heavy atom. The van der Waals surface area contributed by atoms with Crippen LogP contribution in [0.15, 0.2) is 29.4 Å². The Kier molecular flexibility index (Phi) is 3.91. The molecular weight excluding hydrogens is 252 g/mol. The molecule has 1 aromatic rings. The van der Waals surface area contributed by atoms with Crippen LogP contribution in [0.25, 0.3) is 6.08 Å². The highest BCUT2D eigenvalue weighted by Gasteiger charge is 2.30. The Labute approximate surface area is 110 Å². The third-order valence-corrected chi connectivity index (χ3v) is 3.70. The molecule has 3 nitrogen and oxygen atoms in total. The summed E-state index contributed by atoms with van der Waals surface area (Å²) in [7, 11) is 0. The highest BCUT2D eigenvalue weighted by molar-refractivity contribution is 8.26. The molecule has 1 fully saturated rings. The molecule has 17 heavy (non-hydrogen) atoms. The van der Waals surface area contributed by atoms with E-state index in [1.54, 1.807) is 17.3 Å². The number of thioether (sulfide) groups is 1. The van der Waals surface area contributed by atoms with Gasteiger partial charge in [0.05, 0.1) is 4.91 Å². The lowest BCUT2D eigenvalue weighted by atomic mass is 10.2. The van der Waals surface area contributed by atoms with E-state index in [9.17, 15) is 4.79 Å². The van der Waals surface area contributed by atoms with E-state index < -0.39 is 0 Å². The molecule has 88 valence electrons. The Morgan fingerprint density at radius 2 is 2.18 bits per heavy atom. The molecule has 0 N–H and O–H groups in total. The molecule has 0 aliphatic carbocycles. The van der Waals surface area contributed by atoms with Gasteiger partial charge in [-0.3, -0.25) is 14.7 Å². The fraction of sp³-hybridized carbons (Fsp3) is 0.250. The minimum Gasteiger partial charge on any atom is -0.293 e. The summed E-state index contributed by atoms with van der Waals surface area (Å²) >= 11 is 6.56. The van der Waals surface area contributed by atoms with E-state index in [0.29, 0.717) is 15.8 Å². The van der Waals surface area contributed by atoms with Gasteiger partial charge < -0.3 is 0 Å². The van der Waals surface area contributed by atoms with Crippen LogP contribution in [0.5, 0.6) is 0 Å². The van der Waals surface area contributed by atoms with Crippen LogP contribution >= 0.6 is 24.0 Å². The van der Waals surface area contributed by atoms with Gasteiger partial charge >= 0.3 is 0 Å². The molecule has 1 amide bonds. The molecule has 5 heteroatoms. The molecule has 2 heterocycles. The first-order chi connectivity index (χ1) is 8.22. The number of amides is 1. The summed E-state index contributed by atoms with van der Waals surface area (Å²) in [5.74, 6) is 0.0127. The Bertz CT molecular complexity index is 471. The van der Waals surface area contributed by atoms with E-state index in [4.69, 9.17) is 12.2 Å². The molecule has 0 bridgehead atoms. The number of rotatable bonds is 3. The predicted octanol–water partition coefficient (Wildman–Crippen LogP) is 2.69. The van der Waals surface area contributed by atoms with Crippen LogP contribution in [-0.4, -0.2) is 26.7 Å². The molecule has 1 aromatic heterocycles. The third kappa shape index (κ3) is 2.73. The summed E-state index contributed by atoms with van der Waals surface area (Å²) in [6, 6.07) is 3.73. The zero-order valence-corrected chi connectivity index (χ0v) is 11.1. The van der Waals surface area contributed by atoms with Gasteiger partial charge in [-0.1, -0.05) is 30.9 Å². The Balaban J connectivity index is 2.22. The first-order valence-electron chi connectivity index (χ1n) is 5.37. The van der Waals surface area contributed by atoms with Gasteiger partial charge in [0.2, 0.25) is 0 Å². The highest BCUT2D eigenvalue weighted by Crippen LogP contribution is 2.32. The average Bonchev–Trinajstić information content (AvgIpc) is 2.59. The maximum Gasteiger partial charge on any atom is 0.266 e. The van der Waals surface area contributed by atoms with E-state index >= 15 is 0 Å². The lowest BCUT2D eigenvalue weighted by Crippen LogP contribution is -2.28. The second-order valence-electron chi connectivity index (χ2n) is 3.61. The number of hydrogen-bond acceptors (Lipinski definition) is 4. The lowest BCUT2D eigenvalue weighted by molar-refractivity contribution is -0.122. The SMILES string of the molecule is CCCN1C(=O)/C(=C\c2ccncc2)SC1=S. The average molecular weight is 264 g/mol. The van der Waals surface area contributed by atoms with Crippen LogP contribution < -0.4 is 0 Å². The van der Waals surface area contributed by atoms with E-state index in [2.05, 4.69) is 4.98 Å². The third-order valence-electron chi connectivity index (χ3n) is 2.32. The van der Waals surface area contributed by atoms with E-state index in [-0.39, 0.29) is 5.91 Å². The van der Waals surface area contributed by atoms with E-state index in [0.717, 1.165) is 12.0 Å². The van der Waals surface area contributed by atoms with Crippen molar-refractivity contribution < 1.29 is 4.79 Å². The van der Waals surface area contributed by atoms with Gasteiger partial charge in [0.15, 0.2) is 0 Å². The van der Waals surface area contributed by atoms with Gasteiger partial charge in [0.1, 0.15) is 4.32 Å². The molecule has 0 unspecified atom stereocenters. The maximum absolute atomic E-state index is 12.0. The monoisotopic (exact) mass is 264 g/mol. The standard InChI is InChI=1S/C12H12N2OS2/c1-2-7-14-11(15)10(17-12(14)16)8-9-3-5-13-6-4-9/h3-6,8H,2,7H2,1H3/b10-8+. The van der Waals surface area contributed by atoms with Gasteiger partial charge in [-0.15, -0.1) is 0 Å². The second kappa shape index (κ2) is 5.42. The lowest BCUT2D eigenvalue weighted by Gasteiger charge is -2.11.